The van der Waals surface area contributed by atoms with Crippen molar-refractivity contribution in [3.05, 3.63) is 29.8 Å². The molecule has 2 N–H and O–H groups in total. The van der Waals surface area contributed by atoms with Gasteiger partial charge in [0.25, 0.3) is 0 Å². The molecule has 3 rings (SSSR count). The van der Waals surface area contributed by atoms with E-state index < -0.39 is 0 Å². The Morgan fingerprint density at radius 2 is 1.92 bits per heavy atom. The van der Waals surface area contributed by atoms with Gasteiger partial charge in [0, 0.05) is 35.9 Å². The lowest BCUT2D eigenvalue weighted by Crippen LogP contribution is -2.28. The highest BCUT2D eigenvalue weighted by Gasteiger charge is 2.26. The highest BCUT2D eigenvalue weighted by Crippen LogP contribution is 2.40. The standard InChI is InChI=1S/C17H21N3O4/c1-22-14-7-11(8-15(23-2)16(14)24-3)20-17(21)10-4-5-12-13(6-10)19-9-18-12/h7-10H,4-6H2,1-3H3,(H,18,19)(H,20,21). The third-order valence-electron chi connectivity index (χ3n) is 4.29. The van der Waals surface area contributed by atoms with Crippen LogP contribution < -0.4 is 19.5 Å². The first-order chi connectivity index (χ1) is 11.7. The molecule has 0 saturated heterocycles. The van der Waals surface area contributed by atoms with Gasteiger partial charge in [-0.25, -0.2) is 4.98 Å². The Morgan fingerprint density at radius 3 is 2.54 bits per heavy atom. The van der Waals surface area contributed by atoms with Crippen LogP contribution in [0.5, 0.6) is 17.2 Å². The number of ether oxygens (including phenoxy) is 3. The smallest absolute Gasteiger partial charge is 0.227 e. The minimum atomic E-state index is -0.0861. The number of methoxy groups -OCH3 is 3. The predicted octanol–water partition coefficient (Wildman–Crippen LogP) is 2.18. The third-order valence-corrected chi connectivity index (χ3v) is 4.29. The first-order valence-electron chi connectivity index (χ1n) is 7.78. The molecule has 0 saturated carbocycles. The first kappa shape index (κ1) is 16.2. The summed E-state index contributed by atoms with van der Waals surface area (Å²) < 4.78 is 15.9. The van der Waals surface area contributed by atoms with Crippen LogP contribution in [0.4, 0.5) is 5.69 Å². The molecule has 7 heteroatoms. The van der Waals surface area contributed by atoms with Gasteiger partial charge in [-0.3, -0.25) is 4.79 Å². The Labute approximate surface area is 140 Å². The first-order valence-corrected chi connectivity index (χ1v) is 7.78. The molecule has 1 aliphatic carbocycles. The van der Waals surface area contributed by atoms with E-state index in [1.807, 2.05) is 0 Å². The number of aromatic amines is 1. The molecule has 1 aromatic heterocycles. The molecule has 0 spiro atoms. The molecular formula is C17H21N3O4. The van der Waals surface area contributed by atoms with Crippen LogP contribution in [0.3, 0.4) is 0 Å². The number of fused-ring (bicyclic) bond motifs is 1. The maximum Gasteiger partial charge on any atom is 0.227 e. The minimum absolute atomic E-state index is 0.0236. The molecule has 1 atom stereocenters. The SMILES string of the molecule is COc1cc(NC(=O)C2CCc3nc[nH]c3C2)cc(OC)c1OC. The zero-order valence-corrected chi connectivity index (χ0v) is 14.0. The van der Waals surface area contributed by atoms with E-state index in [0.717, 1.165) is 24.2 Å². The maximum atomic E-state index is 12.6. The van der Waals surface area contributed by atoms with Gasteiger partial charge in [-0.15, -0.1) is 0 Å². The largest absolute Gasteiger partial charge is 0.493 e. The van der Waals surface area contributed by atoms with Gasteiger partial charge in [-0.05, 0) is 12.8 Å². The van der Waals surface area contributed by atoms with E-state index in [-0.39, 0.29) is 11.8 Å². The van der Waals surface area contributed by atoms with Crippen molar-refractivity contribution >= 4 is 11.6 Å². The summed E-state index contributed by atoms with van der Waals surface area (Å²) in [7, 11) is 4.64. The summed E-state index contributed by atoms with van der Waals surface area (Å²) in [6.07, 6.45) is 3.95. The second-order valence-corrected chi connectivity index (χ2v) is 5.67. The molecule has 1 aliphatic rings. The van der Waals surface area contributed by atoms with Gasteiger partial charge < -0.3 is 24.5 Å². The van der Waals surface area contributed by atoms with Gasteiger partial charge in [-0.1, -0.05) is 0 Å². The summed E-state index contributed by atoms with van der Waals surface area (Å²) in [6.45, 7) is 0. The van der Waals surface area contributed by atoms with Gasteiger partial charge in [0.05, 0.1) is 33.4 Å². The Balaban J connectivity index is 1.77. The number of aromatic nitrogens is 2. The Kier molecular flexibility index (Phi) is 4.59. The van der Waals surface area contributed by atoms with Crippen molar-refractivity contribution in [2.24, 2.45) is 5.92 Å². The molecule has 1 unspecified atom stereocenters. The average molecular weight is 331 g/mol. The zero-order chi connectivity index (χ0) is 17.1. The van der Waals surface area contributed by atoms with Crippen LogP contribution in [0.2, 0.25) is 0 Å². The van der Waals surface area contributed by atoms with E-state index in [1.165, 1.54) is 0 Å². The molecule has 0 bridgehead atoms. The number of rotatable bonds is 5. The van der Waals surface area contributed by atoms with Crippen molar-refractivity contribution in [1.29, 1.82) is 0 Å². The molecule has 1 amide bonds. The summed E-state index contributed by atoms with van der Waals surface area (Å²) >= 11 is 0. The molecule has 1 aromatic carbocycles. The van der Waals surface area contributed by atoms with Crippen LogP contribution >= 0.6 is 0 Å². The lowest BCUT2D eigenvalue weighted by molar-refractivity contribution is -0.120. The molecule has 7 nitrogen and oxygen atoms in total. The molecular weight excluding hydrogens is 310 g/mol. The summed E-state index contributed by atoms with van der Waals surface area (Å²) in [6, 6.07) is 3.45. The third kappa shape index (κ3) is 3.02. The molecule has 128 valence electrons. The number of anilines is 1. The second kappa shape index (κ2) is 6.82. The number of imidazole rings is 1. The van der Waals surface area contributed by atoms with Gasteiger partial charge in [0.2, 0.25) is 11.7 Å². The van der Waals surface area contributed by atoms with Crippen LogP contribution in [0, 0.1) is 5.92 Å². The Hall–Kier alpha value is -2.70. The Bertz CT molecular complexity index is 716. The van der Waals surface area contributed by atoms with E-state index in [0.29, 0.717) is 29.4 Å². The van der Waals surface area contributed by atoms with Gasteiger partial charge >= 0.3 is 0 Å². The lowest BCUT2D eigenvalue weighted by Gasteiger charge is -2.21. The quantitative estimate of drug-likeness (QED) is 0.877. The van der Waals surface area contributed by atoms with Gasteiger partial charge in [0.15, 0.2) is 11.5 Å². The van der Waals surface area contributed by atoms with Crippen LogP contribution in [0.1, 0.15) is 17.8 Å². The number of H-pyrrole nitrogens is 1. The van der Waals surface area contributed by atoms with Crippen molar-refractivity contribution in [1.82, 2.24) is 9.97 Å². The van der Waals surface area contributed by atoms with Crippen LogP contribution in [0.25, 0.3) is 0 Å². The number of carbonyl (C=O) groups is 1. The van der Waals surface area contributed by atoms with E-state index in [2.05, 4.69) is 15.3 Å². The van der Waals surface area contributed by atoms with Crippen molar-refractivity contribution < 1.29 is 19.0 Å². The van der Waals surface area contributed by atoms with E-state index in [4.69, 9.17) is 14.2 Å². The number of hydrogen-bond donors (Lipinski definition) is 2. The number of aryl methyl sites for hydroxylation is 1. The number of amides is 1. The summed E-state index contributed by atoms with van der Waals surface area (Å²) in [5.41, 5.74) is 2.73. The highest BCUT2D eigenvalue weighted by atomic mass is 16.5. The molecule has 0 aliphatic heterocycles. The molecule has 0 fully saturated rings. The lowest BCUT2D eigenvalue weighted by atomic mass is 9.89. The van der Waals surface area contributed by atoms with E-state index >= 15 is 0 Å². The second-order valence-electron chi connectivity index (χ2n) is 5.67. The normalized spacial score (nSPS) is 16.2. The van der Waals surface area contributed by atoms with E-state index in [9.17, 15) is 4.79 Å². The fourth-order valence-corrected chi connectivity index (χ4v) is 3.02. The summed E-state index contributed by atoms with van der Waals surface area (Å²) in [5, 5.41) is 2.95. The molecule has 1 heterocycles. The van der Waals surface area contributed by atoms with E-state index in [1.54, 1.807) is 39.8 Å². The molecule has 2 aromatic rings. The van der Waals surface area contributed by atoms with Gasteiger partial charge in [0.1, 0.15) is 0 Å². The number of benzene rings is 1. The number of nitrogens with zero attached hydrogens (tertiary/aromatic N) is 1. The van der Waals surface area contributed by atoms with Crippen molar-refractivity contribution in [3.8, 4) is 17.2 Å². The minimum Gasteiger partial charge on any atom is -0.493 e. The highest BCUT2D eigenvalue weighted by molar-refractivity contribution is 5.93. The van der Waals surface area contributed by atoms with Crippen molar-refractivity contribution in [2.45, 2.75) is 19.3 Å². The van der Waals surface area contributed by atoms with Crippen LogP contribution in [-0.4, -0.2) is 37.2 Å². The summed E-state index contributed by atoms with van der Waals surface area (Å²) in [4.78, 5) is 20.0. The molecule has 0 radical (unpaired) electrons. The Morgan fingerprint density at radius 1 is 1.21 bits per heavy atom. The predicted molar refractivity (Wildman–Crippen MR) is 88.8 cm³/mol. The fourth-order valence-electron chi connectivity index (χ4n) is 3.02. The molecule has 24 heavy (non-hydrogen) atoms. The summed E-state index contributed by atoms with van der Waals surface area (Å²) in [5.74, 6) is 1.40. The van der Waals surface area contributed by atoms with Crippen molar-refractivity contribution in [2.75, 3.05) is 26.6 Å². The maximum absolute atomic E-state index is 12.6. The number of nitrogens with one attached hydrogen (secondary N) is 2. The fraction of sp³-hybridized carbons (Fsp3) is 0.412. The van der Waals surface area contributed by atoms with Crippen LogP contribution in [0.15, 0.2) is 18.5 Å². The zero-order valence-electron chi connectivity index (χ0n) is 14.0. The van der Waals surface area contributed by atoms with Crippen LogP contribution in [-0.2, 0) is 17.6 Å². The average Bonchev–Trinajstić information content (AvgIpc) is 3.08. The number of hydrogen-bond acceptors (Lipinski definition) is 5. The van der Waals surface area contributed by atoms with Gasteiger partial charge in [-0.2, -0.15) is 0 Å². The number of carbonyl (C=O) groups excluding carboxylic acids is 1. The topological polar surface area (TPSA) is 85.5 Å². The monoisotopic (exact) mass is 331 g/mol. The van der Waals surface area contributed by atoms with Crippen molar-refractivity contribution in [3.63, 3.8) is 0 Å².